The topological polar surface area (TPSA) is 64.1 Å². The first-order valence-electron chi connectivity index (χ1n) is 6.34. The number of anilines is 1. The molecule has 1 aliphatic heterocycles. The number of halogens is 1. The van der Waals surface area contributed by atoms with Gasteiger partial charge in [-0.15, -0.1) is 0 Å². The van der Waals surface area contributed by atoms with Gasteiger partial charge in [0.05, 0.1) is 11.0 Å². The van der Waals surface area contributed by atoms with E-state index in [0.717, 1.165) is 40.5 Å². The van der Waals surface area contributed by atoms with E-state index in [4.69, 9.17) is 5.73 Å². The van der Waals surface area contributed by atoms with Gasteiger partial charge in [-0.3, -0.25) is 4.79 Å². The zero-order valence-corrected chi connectivity index (χ0v) is 12.6. The molecule has 2 heterocycles. The van der Waals surface area contributed by atoms with Crippen LogP contribution < -0.4 is 5.73 Å². The van der Waals surface area contributed by atoms with Gasteiger partial charge in [0.15, 0.2) is 0 Å². The van der Waals surface area contributed by atoms with Crippen LogP contribution in [-0.4, -0.2) is 33.4 Å². The van der Waals surface area contributed by atoms with E-state index in [0.29, 0.717) is 5.95 Å². The number of nitrogens with zero attached hydrogens (tertiary/aromatic N) is 3. The number of nitrogen functional groups attached to an aromatic ring is 1. The molecule has 2 N–H and O–H groups in total. The Morgan fingerprint density at radius 1 is 1.37 bits per heavy atom. The van der Waals surface area contributed by atoms with Crippen molar-refractivity contribution >= 4 is 45.5 Å². The summed E-state index contributed by atoms with van der Waals surface area (Å²) in [6.07, 6.45) is 2.20. The fraction of sp³-hybridized carbons (Fsp3) is 0.385. The Hall–Kier alpha value is -1.31. The predicted molar refractivity (Wildman–Crippen MR) is 82.7 cm³/mol. The number of imidazole rings is 1. The molecule has 1 saturated heterocycles. The molecule has 2 aromatic rings. The van der Waals surface area contributed by atoms with E-state index >= 15 is 0 Å². The molecule has 0 atom stereocenters. The van der Waals surface area contributed by atoms with Crippen LogP contribution in [-0.2, 0) is 11.3 Å². The van der Waals surface area contributed by atoms with Gasteiger partial charge < -0.3 is 15.2 Å². The van der Waals surface area contributed by atoms with Crippen molar-refractivity contribution in [3.05, 3.63) is 21.8 Å². The number of amides is 1. The molecule has 6 heteroatoms. The molecule has 3 rings (SSSR count). The summed E-state index contributed by atoms with van der Waals surface area (Å²) < 4.78 is 2.91. The van der Waals surface area contributed by atoms with Crippen molar-refractivity contribution in [2.75, 3.05) is 18.8 Å². The van der Waals surface area contributed by atoms with E-state index in [1.165, 1.54) is 0 Å². The van der Waals surface area contributed by atoms with E-state index in [2.05, 4.69) is 27.6 Å². The maximum atomic E-state index is 12.2. The number of fused-ring (bicyclic) bond motifs is 1. The first-order chi connectivity index (χ1) is 9.15. The summed E-state index contributed by atoms with van der Waals surface area (Å²) in [4.78, 5) is 18.4. The molecule has 5 nitrogen and oxygen atoms in total. The molecular formula is C13H15IN4O. The molecule has 0 aliphatic carbocycles. The largest absolute Gasteiger partial charge is 0.369 e. The molecule has 0 unspecified atom stereocenters. The molecule has 1 aromatic heterocycles. The highest BCUT2D eigenvalue weighted by molar-refractivity contribution is 14.1. The van der Waals surface area contributed by atoms with Crippen LogP contribution in [0.3, 0.4) is 0 Å². The number of benzene rings is 1. The highest BCUT2D eigenvalue weighted by Gasteiger charge is 2.20. The molecule has 19 heavy (non-hydrogen) atoms. The third-order valence-electron chi connectivity index (χ3n) is 3.49. The molecule has 1 aliphatic rings. The van der Waals surface area contributed by atoms with Gasteiger partial charge in [0, 0.05) is 16.7 Å². The Bertz CT molecular complexity index is 631. The van der Waals surface area contributed by atoms with Crippen LogP contribution in [0.2, 0.25) is 0 Å². The second-order valence-electron chi connectivity index (χ2n) is 4.78. The molecule has 1 fully saturated rings. The lowest BCUT2D eigenvalue weighted by Crippen LogP contribution is -2.31. The first kappa shape index (κ1) is 12.7. The summed E-state index contributed by atoms with van der Waals surface area (Å²) in [6.45, 7) is 2.01. The number of hydrogen-bond donors (Lipinski definition) is 1. The standard InChI is InChI=1S/C13H15IN4O/c14-9-3-4-11-10(7-9)16-13(15)18(11)8-12(19)17-5-1-2-6-17/h3-4,7H,1-2,5-6,8H2,(H2,15,16). The molecule has 1 aromatic carbocycles. The van der Waals surface area contributed by atoms with Gasteiger partial charge >= 0.3 is 0 Å². The minimum atomic E-state index is 0.127. The summed E-state index contributed by atoms with van der Waals surface area (Å²) in [5.41, 5.74) is 7.70. The molecule has 0 spiro atoms. The molecular weight excluding hydrogens is 355 g/mol. The van der Waals surface area contributed by atoms with Crippen molar-refractivity contribution in [3.8, 4) is 0 Å². The highest BCUT2D eigenvalue weighted by atomic mass is 127. The van der Waals surface area contributed by atoms with E-state index < -0.39 is 0 Å². The molecule has 100 valence electrons. The number of likely N-dealkylation sites (tertiary alicyclic amines) is 1. The highest BCUT2D eigenvalue weighted by Crippen LogP contribution is 2.21. The summed E-state index contributed by atoms with van der Waals surface area (Å²) in [6, 6.07) is 5.95. The van der Waals surface area contributed by atoms with Crippen molar-refractivity contribution in [2.45, 2.75) is 19.4 Å². The van der Waals surface area contributed by atoms with Gasteiger partial charge in [0.25, 0.3) is 0 Å². The maximum absolute atomic E-state index is 12.2. The van der Waals surface area contributed by atoms with Crippen LogP contribution in [0.25, 0.3) is 11.0 Å². The van der Waals surface area contributed by atoms with Crippen molar-refractivity contribution < 1.29 is 4.79 Å². The van der Waals surface area contributed by atoms with E-state index in [1.54, 1.807) is 4.57 Å². The van der Waals surface area contributed by atoms with Gasteiger partial charge in [-0.2, -0.15) is 0 Å². The van der Waals surface area contributed by atoms with E-state index in [9.17, 15) is 4.79 Å². The van der Waals surface area contributed by atoms with E-state index in [-0.39, 0.29) is 12.5 Å². The van der Waals surface area contributed by atoms with Gasteiger partial charge in [-0.1, -0.05) is 0 Å². The monoisotopic (exact) mass is 370 g/mol. The van der Waals surface area contributed by atoms with Crippen molar-refractivity contribution in [2.24, 2.45) is 0 Å². The Labute approximate surface area is 124 Å². The maximum Gasteiger partial charge on any atom is 0.242 e. The summed E-state index contributed by atoms with van der Waals surface area (Å²) >= 11 is 2.24. The van der Waals surface area contributed by atoms with Crippen LogP contribution >= 0.6 is 22.6 Å². The fourth-order valence-corrected chi connectivity index (χ4v) is 2.96. The Balaban J connectivity index is 1.91. The lowest BCUT2D eigenvalue weighted by atomic mass is 10.3. The van der Waals surface area contributed by atoms with Gasteiger partial charge in [-0.05, 0) is 53.6 Å². The lowest BCUT2D eigenvalue weighted by molar-refractivity contribution is -0.130. The Kier molecular flexibility index (Phi) is 3.34. The summed E-state index contributed by atoms with van der Waals surface area (Å²) in [5.74, 6) is 0.534. The zero-order valence-electron chi connectivity index (χ0n) is 10.5. The van der Waals surface area contributed by atoms with Crippen LogP contribution in [0.1, 0.15) is 12.8 Å². The number of rotatable bonds is 2. The molecule has 0 radical (unpaired) electrons. The second-order valence-corrected chi connectivity index (χ2v) is 6.02. The molecule has 0 saturated carbocycles. The fourth-order valence-electron chi connectivity index (χ4n) is 2.49. The number of nitrogens with two attached hydrogens (primary N) is 1. The summed E-state index contributed by atoms with van der Waals surface area (Å²) in [7, 11) is 0. The third-order valence-corrected chi connectivity index (χ3v) is 4.16. The van der Waals surface area contributed by atoms with E-state index in [1.807, 2.05) is 23.1 Å². The van der Waals surface area contributed by atoms with Crippen LogP contribution in [0.4, 0.5) is 5.95 Å². The smallest absolute Gasteiger partial charge is 0.242 e. The Morgan fingerprint density at radius 3 is 2.84 bits per heavy atom. The SMILES string of the molecule is Nc1nc2cc(I)ccc2n1CC(=O)N1CCCC1. The van der Waals surface area contributed by atoms with Crippen LogP contribution in [0.5, 0.6) is 0 Å². The zero-order chi connectivity index (χ0) is 13.4. The molecule has 0 bridgehead atoms. The summed E-state index contributed by atoms with van der Waals surface area (Å²) in [5, 5.41) is 0. The van der Waals surface area contributed by atoms with Crippen molar-refractivity contribution in [1.29, 1.82) is 0 Å². The first-order valence-corrected chi connectivity index (χ1v) is 7.42. The van der Waals surface area contributed by atoms with Gasteiger partial charge in [-0.25, -0.2) is 4.98 Å². The predicted octanol–water partition coefficient (Wildman–Crippen LogP) is 1.85. The van der Waals surface area contributed by atoms with Crippen LogP contribution in [0, 0.1) is 3.57 Å². The number of hydrogen-bond acceptors (Lipinski definition) is 3. The quantitative estimate of drug-likeness (QED) is 0.821. The molecule has 1 amide bonds. The number of aromatic nitrogens is 2. The minimum Gasteiger partial charge on any atom is -0.369 e. The number of carbonyl (C=O) groups excluding carboxylic acids is 1. The Morgan fingerprint density at radius 2 is 2.11 bits per heavy atom. The average molecular weight is 370 g/mol. The van der Waals surface area contributed by atoms with Crippen molar-refractivity contribution in [3.63, 3.8) is 0 Å². The lowest BCUT2D eigenvalue weighted by Gasteiger charge is -2.16. The van der Waals surface area contributed by atoms with Gasteiger partial charge in [0.1, 0.15) is 6.54 Å². The third kappa shape index (κ3) is 2.41. The normalized spacial score (nSPS) is 15.3. The van der Waals surface area contributed by atoms with Crippen molar-refractivity contribution in [1.82, 2.24) is 14.5 Å². The van der Waals surface area contributed by atoms with Gasteiger partial charge in [0.2, 0.25) is 11.9 Å². The second kappa shape index (κ2) is 4.99. The average Bonchev–Trinajstić information content (AvgIpc) is 2.98. The number of carbonyl (C=O) groups is 1. The minimum absolute atomic E-state index is 0.127. The van der Waals surface area contributed by atoms with Crippen LogP contribution in [0.15, 0.2) is 18.2 Å².